The normalized spacial score (nSPS) is 24.2. The van der Waals surface area contributed by atoms with Crippen molar-refractivity contribution in [2.75, 3.05) is 6.54 Å². The molecule has 18 heavy (non-hydrogen) atoms. The van der Waals surface area contributed by atoms with E-state index < -0.39 is 0 Å². The molecule has 0 radical (unpaired) electrons. The first-order valence-electron chi connectivity index (χ1n) is 6.99. The van der Waals surface area contributed by atoms with Crippen molar-refractivity contribution < 1.29 is 4.79 Å². The fraction of sp³-hybridized carbons (Fsp3) is 0.929. The minimum absolute atomic E-state index is 0. The zero-order valence-corrected chi connectivity index (χ0v) is 12.8. The van der Waals surface area contributed by atoms with E-state index in [-0.39, 0.29) is 18.3 Å². The first kappa shape index (κ1) is 17.7. The Morgan fingerprint density at radius 1 is 1.28 bits per heavy atom. The van der Waals surface area contributed by atoms with Gasteiger partial charge in [-0.2, -0.15) is 0 Å². The summed E-state index contributed by atoms with van der Waals surface area (Å²) >= 11 is 0. The van der Waals surface area contributed by atoms with Crippen molar-refractivity contribution in [2.45, 2.75) is 65.3 Å². The number of carbonyl (C=O) groups excluding carboxylic acids is 1. The summed E-state index contributed by atoms with van der Waals surface area (Å²) in [5.74, 6) is 0.931. The third-order valence-electron chi connectivity index (χ3n) is 4.48. The predicted octanol–water partition coefficient (Wildman–Crippen LogP) is 2.87. The topological polar surface area (TPSA) is 55.1 Å². The van der Waals surface area contributed by atoms with Crippen LogP contribution < -0.4 is 11.1 Å². The van der Waals surface area contributed by atoms with E-state index in [4.69, 9.17) is 5.73 Å². The Morgan fingerprint density at radius 3 is 2.28 bits per heavy atom. The van der Waals surface area contributed by atoms with E-state index in [1.165, 1.54) is 19.3 Å². The van der Waals surface area contributed by atoms with E-state index in [0.29, 0.717) is 24.4 Å². The second-order valence-electron chi connectivity index (χ2n) is 6.00. The van der Waals surface area contributed by atoms with Crippen molar-refractivity contribution in [3.05, 3.63) is 0 Å². The maximum Gasteiger partial charge on any atom is 0.221 e. The highest BCUT2D eigenvalue weighted by Gasteiger charge is 2.31. The molecule has 1 aliphatic carbocycles. The first-order chi connectivity index (χ1) is 7.99. The van der Waals surface area contributed by atoms with E-state index in [1.807, 2.05) is 0 Å². The number of rotatable bonds is 5. The van der Waals surface area contributed by atoms with Crippen LogP contribution in [-0.2, 0) is 4.79 Å². The molecule has 0 aromatic carbocycles. The van der Waals surface area contributed by atoms with E-state index in [0.717, 1.165) is 18.8 Å². The Morgan fingerprint density at radius 2 is 1.83 bits per heavy atom. The van der Waals surface area contributed by atoms with Gasteiger partial charge in [-0.3, -0.25) is 4.79 Å². The van der Waals surface area contributed by atoms with E-state index in [9.17, 15) is 4.79 Å². The summed E-state index contributed by atoms with van der Waals surface area (Å²) in [4.78, 5) is 11.5. The molecule has 1 fully saturated rings. The van der Waals surface area contributed by atoms with Crippen molar-refractivity contribution >= 4 is 18.3 Å². The van der Waals surface area contributed by atoms with Gasteiger partial charge in [0.25, 0.3) is 0 Å². The molecule has 0 aromatic rings. The standard InChI is InChI=1S/C14H28N2O.ClH/c1-4-14(2,3)11-5-7-12(8-6-11)16-13(17)9-10-15;/h11-12H,4-10,15H2,1-3H3,(H,16,17);1H. The fourth-order valence-electron chi connectivity index (χ4n) is 2.74. The smallest absolute Gasteiger partial charge is 0.221 e. The summed E-state index contributed by atoms with van der Waals surface area (Å²) in [6.45, 7) is 7.45. The third kappa shape index (κ3) is 5.15. The summed E-state index contributed by atoms with van der Waals surface area (Å²) < 4.78 is 0. The zero-order chi connectivity index (χ0) is 12.9. The number of carbonyl (C=O) groups is 1. The van der Waals surface area contributed by atoms with Gasteiger partial charge in [-0.25, -0.2) is 0 Å². The summed E-state index contributed by atoms with van der Waals surface area (Å²) in [6, 6.07) is 0.387. The van der Waals surface area contributed by atoms with Crippen LogP contribution in [0.25, 0.3) is 0 Å². The Kier molecular flexibility index (Phi) is 7.88. The van der Waals surface area contributed by atoms with E-state index >= 15 is 0 Å². The van der Waals surface area contributed by atoms with Crippen LogP contribution >= 0.6 is 12.4 Å². The SMILES string of the molecule is CCC(C)(C)C1CCC(NC(=O)CCN)CC1.Cl. The molecule has 3 N–H and O–H groups in total. The fourth-order valence-corrected chi connectivity index (χ4v) is 2.74. The van der Waals surface area contributed by atoms with Gasteiger partial charge >= 0.3 is 0 Å². The second-order valence-corrected chi connectivity index (χ2v) is 6.00. The average Bonchev–Trinajstić information content (AvgIpc) is 2.30. The van der Waals surface area contributed by atoms with Crippen LogP contribution in [0.1, 0.15) is 59.3 Å². The van der Waals surface area contributed by atoms with Crippen LogP contribution in [0.5, 0.6) is 0 Å². The molecule has 0 saturated heterocycles. The van der Waals surface area contributed by atoms with Crippen LogP contribution in [0.3, 0.4) is 0 Å². The van der Waals surface area contributed by atoms with Crippen LogP contribution in [0.4, 0.5) is 0 Å². The molecule has 1 rings (SSSR count). The summed E-state index contributed by atoms with van der Waals surface area (Å²) in [5.41, 5.74) is 5.82. The Balaban J connectivity index is 0.00000289. The maximum atomic E-state index is 11.5. The van der Waals surface area contributed by atoms with Gasteiger partial charge in [0, 0.05) is 19.0 Å². The number of hydrogen-bond acceptors (Lipinski definition) is 2. The van der Waals surface area contributed by atoms with Gasteiger partial charge in [0.2, 0.25) is 5.91 Å². The molecule has 1 saturated carbocycles. The largest absolute Gasteiger partial charge is 0.353 e. The van der Waals surface area contributed by atoms with Gasteiger partial charge in [0.05, 0.1) is 0 Å². The molecule has 108 valence electrons. The van der Waals surface area contributed by atoms with Gasteiger partial charge < -0.3 is 11.1 Å². The molecule has 1 aliphatic rings. The number of nitrogens with two attached hydrogens (primary N) is 1. The van der Waals surface area contributed by atoms with Crippen molar-refractivity contribution in [1.29, 1.82) is 0 Å². The van der Waals surface area contributed by atoms with Crippen LogP contribution in [0.2, 0.25) is 0 Å². The highest BCUT2D eigenvalue weighted by Crippen LogP contribution is 2.40. The molecule has 3 nitrogen and oxygen atoms in total. The van der Waals surface area contributed by atoms with Crippen molar-refractivity contribution in [3.63, 3.8) is 0 Å². The van der Waals surface area contributed by atoms with Crippen LogP contribution in [0.15, 0.2) is 0 Å². The quantitative estimate of drug-likeness (QED) is 0.811. The lowest BCUT2D eigenvalue weighted by molar-refractivity contribution is -0.121. The molecule has 0 atom stereocenters. The number of halogens is 1. The van der Waals surface area contributed by atoms with Crippen molar-refractivity contribution in [3.8, 4) is 0 Å². The van der Waals surface area contributed by atoms with Gasteiger partial charge in [-0.15, -0.1) is 12.4 Å². The van der Waals surface area contributed by atoms with Gasteiger partial charge in [-0.05, 0) is 37.0 Å². The highest BCUT2D eigenvalue weighted by molar-refractivity contribution is 5.85. The predicted molar refractivity (Wildman–Crippen MR) is 78.9 cm³/mol. The Hall–Kier alpha value is -0.280. The number of amides is 1. The lowest BCUT2D eigenvalue weighted by Crippen LogP contribution is -2.40. The van der Waals surface area contributed by atoms with E-state index in [1.54, 1.807) is 0 Å². The van der Waals surface area contributed by atoms with Gasteiger partial charge in [0.1, 0.15) is 0 Å². The van der Waals surface area contributed by atoms with Gasteiger partial charge in [0.15, 0.2) is 0 Å². The van der Waals surface area contributed by atoms with Gasteiger partial charge in [-0.1, -0.05) is 27.2 Å². The Labute approximate surface area is 118 Å². The zero-order valence-electron chi connectivity index (χ0n) is 12.0. The molecule has 0 aliphatic heterocycles. The number of hydrogen-bond donors (Lipinski definition) is 2. The molecule has 1 amide bonds. The molecule has 0 spiro atoms. The molecule has 0 heterocycles. The molecule has 0 bridgehead atoms. The van der Waals surface area contributed by atoms with Crippen molar-refractivity contribution in [1.82, 2.24) is 5.32 Å². The third-order valence-corrected chi connectivity index (χ3v) is 4.48. The average molecular weight is 277 g/mol. The molecule has 0 aromatic heterocycles. The minimum Gasteiger partial charge on any atom is -0.353 e. The highest BCUT2D eigenvalue weighted by atomic mass is 35.5. The molecule has 0 unspecified atom stereocenters. The summed E-state index contributed by atoms with van der Waals surface area (Å²) in [6.07, 6.45) is 6.44. The maximum absolute atomic E-state index is 11.5. The number of nitrogens with one attached hydrogen (secondary N) is 1. The van der Waals surface area contributed by atoms with Crippen LogP contribution in [0, 0.1) is 11.3 Å². The van der Waals surface area contributed by atoms with E-state index in [2.05, 4.69) is 26.1 Å². The molecular formula is C14H29ClN2O. The molecule has 4 heteroatoms. The lowest BCUT2D eigenvalue weighted by atomic mass is 9.69. The Bertz CT molecular complexity index is 248. The second kappa shape index (κ2) is 8.00. The summed E-state index contributed by atoms with van der Waals surface area (Å²) in [7, 11) is 0. The lowest BCUT2D eigenvalue weighted by Gasteiger charge is -2.39. The summed E-state index contributed by atoms with van der Waals surface area (Å²) in [5, 5.41) is 3.09. The minimum atomic E-state index is 0. The monoisotopic (exact) mass is 276 g/mol. The van der Waals surface area contributed by atoms with Crippen molar-refractivity contribution in [2.24, 2.45) is 17.1 Å². The first-order valence-corrected chi connectivity index (χ1v) is 6.99. The molecular weight excluding hydrogens is 248 g/mol. The van der Waals surface area contributed by atoms with Crippen LogP contribution in [-0.4, -0.2) is 18.5 Å².